The Morgan fingerprint density at radius 1 is 1.45 bits per heavy atom. The molecule has 2 rings (SSSR count). The minimum Gasteiger partial charge on any atom is -0.481 e. The van der Waals surface area contributed by atoms with Crippen LogP contribution in [0.1, 0.15) is 38.2 Å². The van der Waals surface area contributed by atoms with Crippen molar-refractivity contribution >= 4 is 23.5 Å². The zero-order valence-corrected chi connectivity index (χ0v) is 13.3. The van der Waals surface area contributed by atoms with Crippen LogP contribution in [0.3, 0.4) is 0 Å². The molecule has 2 unspecified atom stereocenters. The number of carbonyl (C=O) groups excluding carboxylic acids is 1. The summed E-state index contributed by atoms with van der Waals surface area (Å²) in [6.07, 6.45) is 0.456. The summed E-state index contributed by atoms with van der Waals surface area (Å²) in [5, 5.41) is 9.11. The highest BCUT2D eigenvalue weighted by atomic mass is 35.5. The van der Waals surface area contributed by atoms with Gasteiger partial charge in [0.05, 0.1) is 6.42 Å². The molecular formula is C16H19ClFNO3. The number of aliphatic carboxylic acids is 1. The number of carbonyl (C=O) groups is 2. The van der Waals surface area contributed by atoms with E-state index in [4.69, 9.17) is 16.7 Å². The van der Waals surface area contributed by atoms with Crippen LogP contribution in [-0.2, 0) is 9.59 Å². The molecule has 120 valence electrons. The van der Waals surface area contributed by atoms with Crippen molar-refractivity contribution in [3.63, 3.8) is 0 Å². The van der Waals surface area contributed by atoms with Gasteiger partial charge in [0.1, 0.15) is 5.82 Å². The molecule has 1 aliphatic rings. The van der Waals surface area contributed by atoms with Crippen LogP contribution in [0.4, 0.5) is 4.39 Å². The number of halogens is 2. The van der Waals surface area contributed by atoms with Crippen molar-refractivity contribution in [2.24, 2.45) is 5.92 Å². The van der Waals surface area contributed by atoms with E-state index < -0.39 is 11.8 Å². The Labute approximate surface area is 133 Å². The first kappa shape index (κ1) is 16.7. The fourth-order valence-corrected chi connectivity index (χ4v) is 3.01. The Hall–Kier alpha value is -1.62. The van der Waals surface area contributed by atoms with Crippen molar-refractivity contribution < 1.29 is 19.1 Å². The number of rotatable bonds is 6. The van der Waals surface area contributed by atoms with E-state index in [1.807, 2.05) is 13.8 Å². The summed E-state index contributed by atoms with van der Waals surface area (Å²) in [6, 6.07) is 4.40. The van der Waals surface area contributed by atoms with Gasteiger partial charge in [0.2, 0.25) is 5.91 Å². The van der Waals surface area contributed by atoms with Crippen molar-refractivity contribution in [2.45, 2.75) is 38.6 Å². The number of carboxylic acid groups (broad SMARTS) is 1. The van der Waals surface area contributed by atoms with E-state index in [2.05, 4.69) is 0 Å². The molecule has 4 nitrogen and oxygen atoms in total. The van der Waals surface area contributed by atoms with E-state index in [0.29, 0.717) is 17.0 Å². The highest BCUT2D eigenvalue weighted by Crippen LogP contribution is 2.51. The second-order valence-corrected chi connectivity index (χ2v) is 6.26. The van der Waals surface area contributed by atoms with Gasteiger partial charge in [0, 0.05) is 35.0 Å². The molecule has 1 amide bonds. The zero-order chi connectivity index (χ0) is 16.4. The molecule has 0 aliphatic heterocycles. The standard InChI is InChI=1S/C16H19ClFNO3/c1-9(2)19(7-6-14(20)21)16(22)11-8-10(11)15-12(17)4-3-5-13(15)18/h3-5,9-11H,6-8H2,1-2H3,(H,20,21). The first-order chi connectivity index (χ1) is 10.3. The number of benzene rings is 1. The number of carboxylic acids is 1. The van der Waals surface area contributed by atoms with Crippen LogP contribution in [0.25, 0.3) is 0 Å². The molecule has 1 saturated carbocycles. The summed E-state index contributed by atoms with van der Waals surface area (Å²) >= 11 is 6.04. The van der Waals surface area contributed by atoms with Gasteiger partial charge in [-0.3, -0.25) is 9.59 Å². The molecule has 1 aromatic rings. The van der Waals surface area contributed by atoms with Gasteiger partial charge >= 0.3 is 5.97 Å². The molecule has 0 aromatic heterocycles. The largest absolute Gasteiger partial charge is 0.481 e. The summed E-state index contributed by atoms with van der Waals surface area (Å²) in [5.41, 5.74) is 0.393. The van der Waals surface area contributed by atoms with Crippen LogP contribution in [0, 0.1) is 11.7 Å². The molecule has 6 heteroatoms. The highest BCUT2D eigenvalue weighted by molar-refractivity contribution is 6.31. The lowest BCUT2D eigenvalue weighted by Crippen LogP contribution is -2.39. The minimum absolute atomic E-state index is 0.0933. The third kappa shape index (κ3) is 3.58. The van der Waals surface area contributed by atoms with Crippen LogP contribution in [-0.4, -0.2) is 34.5 Å². The van der Waals surface area contributed by atoms with Crippen molar-refractivity contribution in [3.8, 4) is 0 Å². The van der Waals surface area contributed by atoms with Gasteiger partial charge < -0.3 is 10.0 Å². The van der Waals surface area contributed by atoms with Crippen LogP contribution in [0.5, 0.6) is 0 Å². The van der Waals surface area contributed by atoms with Gasteiger partial charge in [0.25, 0.3) is 0 Å². The van der Waals surface area contributed by atoms with Crippen LogP contribution in [0.2, 0.25) is 5.02 Å². The smallest absolute Gasteiger partial charge is 0.305 e. The Balaban J connectivity index is 2.09. The minimum atomic E-state index is -0.942. The maximum absolute atomic E-state index is 13.9. The van der Waals surface area contributed by atoms with Crippen molar-refractivity contribution in [1.82, 2.24) is 4.90 Å². The third-order valence-electron chi connectivity index (χ3n) is 3.95. The lowest BCUT2D eigenvalue weighted by Gasteiger charge is -2.26. The van der Waals surface area contributed by atoms with E-state index in [0.717, 1.165) is 0 Å². The highest BCUT2D eigenvalue weighted by Gasteiger charge is 2.48. The third-order valence-corrected chi connectivity index (χ3v) is 4.28. The normalized spacial score (nSPS) is 20.0. The fraction of sp³-hybridized carbons (Fsp3) is 0.500. The molecule has 1 N–H and O–H groups in total. The number of amides is 1. The average Bonchev–Trinajstić information content (AvgIpc) is 3.18. The first-order valence-corrected chi connectivity index (χ1v) is 7.67. The predicted molar refractivity (Wildman–Crippen MR) is 81.4 cm³/mol. The molecule has 2 atom stereocenters. The number of hydrogen-bond acceptors (Lipinski definition) is 2. The van der Waals surface area contributed by atoms with Crippen molar-refractivity contribution in [1.29, 1.82) is 0 Å². The second-order valence-electron chi connectivity index (χ2n) is 5.85. The van der Waals surface area contributed by atoms with E-state index in [-0.39, 0.29) is 36.8 Å². The van der Waals surface area contributed by atoms with Gasteiger partial charge in [-0.15, -0.1) is 0 Å². The Kier molecular flexibility index (Phi) is 5.06. The van der Waals surface area contributed by atoms with Crippen molar-refractivity contribution in [3.05, 3.63) is 34.6 Å². The summed E-state index contributed by atoms with van der Waals surface area (Å²) in [6.45, 7) is 3.85. The van der Waals surface area contributed by atoms with Crippen LogP contribution < -0.4 is 0 Å². The van der Waals surface area contributed by atoms with Gasteiger partial charge in [-0.05, 0) is 32.4 Å². The quantitative estimate of drug-likeness (QED) is 0.872. The molecular weight excluding hydrogens is 309 g/mol. The molecule has 0 heterocycles. The summed E-state index contributed by atoms with van der Waals surface area (Å²) in [5.74, 6) is -1.99. The maximum atomic E-state index is 13.9. The molecule has 1 aromatic carbocycles. The van der Waals surface area contributed by atoms with Crippen LogP contribution in [0.15, 0.2) is 18.2 Å². The summed E-state index contributed by atoms with van der Waals surface area (Å²) in [4.78, 5) is 24.8. The molecule has 0 spiro atoms. The van der Waals surface area contributed by atoms with Crippen LogP contribution >= 0.6 is 11.6 Å². The average molecular weight is 328 g/mol. The molecule has 22 heavy (non-hydrogen) atoms. The molecule has 0 radical (unpaired) electrons. The fourth-order valence-electron chi connectivity index (χ4n) is 2.70. The predicted octanol–water partition coefficient (Wildman–Crippen LogP) is 3.29. The van der Waals surface area contributed by atoms with Gasteiger partial charge in [-0.25, -0.2) is 4.39 Å². The maximum Gasteiger partial charge on any atom is 0.305 e. The monoisotopic (exact) mass is 327 g/mol. The van der Waals surface area contributed by atoms with Crippen molar-refractivity contribution in [2.75, 3.05) is 6.54 Å². The Morgan fingerprint density at radius 3 is 2.68 bits per heavy atom. The van der Waals surface area contributed by atoms with E-state index in [9.17, 15) is 14.0 Å². The van der Waals surface area contributed by atoms with E-state index in [1.54, 1.807) is 11.0 Å². The second kappa shape index (κ2) is 6.65. The van der Waals surface area contributed by atoms with E-state index in [1.165, 1.54) is 12.1 Å². The van der Waals surface area contributed by atoms with E-state index >= 15 is 0 Å². The molecule has 0 bridgehead atoms. The zero-order valence-electron chi connectivity index (χ0n) is 12.6. The van der Waals surface area contributed by atoms with Gasteiger partial charge in [-0.1, -0.05) is 17.7 Å². The molecule has 1 aliphatic carbocycles. The SMILES string of the molecule is CC(C)N(CCC(=O)O)C(=O)C1CC1c1c(F)cccc1Cl. The lowest BCUT2D eigenvalue weighted by molar-refractivity contribution is -0.139. The molecule has 1 fully saturated rings. The number of nitrogens with zero attached hydrogens (tertiary/aromatic N) is 1. The Bertz CT molecular complexity index is 571. The first-order valence-electron chi connectivity index (χ1n) is 7.29. The topological polar surface area (TPSA) is 57.6 Å². The van der Waals surface area contributed by atoms with Gasteiger partial charge in [-0.2, -0.15) is 0 Å². The van der Waals surface area contributed by atoms with Gasteiger partial charge in [0.15, 0.2) is 0 Å². The summed E-state index contributed by atoms with van der Waals surface area (Å²) < 4.78 is 13.9. The Morgan fingerprint density at radius 2 is 2.14 bits per heavy atom. The molecule has 0 saturated heterocycles. The number of hydrogen-bond donors (Lipinski definition) is 1. The lowest BCUT2D eigenvalue weighted by atomic mass is 10.1. The summed E-state index contributed by atoms with van der Waals surface area (Å²) in [7, 11) is 0.